The van der Waals surface area contributed by atoms with Crippen LogP contribution in [0, 0.1) is 0 Å². The van der Waals surface area contributed by atoms with E-state index in [1.165, 1.54) is 180 Å². The number of carbonyl (C=O) groups excluding carboxylic acids is 2. The fraction of sp³-hybridized carbons (Fsp3) is 0.922. The van der Waals surface area contributed by atoms with Crippen LogP contribution in [0.3, 0.4) is 0 Å². The molecule has 6 nitrogen and oxygen atoms in total. The number of esters is 1. The van der Waals surface area contributed by atoms with E-state index >= 15 is 0 Å². The zero-order valence-electron chi connectivity index (χ0n) is 38.5. The molecule has 0 spiro atoms. The van der Waals surface area contributed by atoms with Gasteiger partial charge in [-0.2, -0.15) is 0 Å². The highest BCUT2D eigenvalue weighted by molar-refractivity contribution is 5.77. The SMILES string of the molecule is CCCCCCCC/C=C\CCCC(CC(=O)NC(CO)C(O)CCCCCCCCCCCCCCC)OC(=O)CCCCCCCCCCCCCCCC. The molecule has 338 valence electrons. The molecule has 3 N–H and O–H groups in total. The van der Waals surface area contributed by atoms with E-state index < -0.39 is 18.2 Å². The summed E-state index contributed by atoms with van der Waals surface area (Å²) in [4.78, 5) is 26.1. The summed E-state index contributed by atoms with van der Waals surface area (Å²) in [6.45, 7) is 6.48. The van der Waals surface area contributed by atoms with Gasteiger partial charge in [-0.05, 0) is 44.9 Å². The Balaban J connectivity index is 4.52. The monoisotopic (exact) mass is 806 g/mol. The molecule has 0 radical (unpaired) electrons. The molecular formula is C51H99NO5. The van der Waals surface area contributed by atoms with Gasteiger partial charge in [-0.15, -0.1) is 0 Å². The third-order valence-electron chi connectivity index (χ3n) is 11.8. The number of hydrogen-bond acceptors (Lipinski definition) is 5. The zero-order chi connectivity index (χ0) is 41.7. The smallest absolute Gasteiger partial charge is 0.306 e. The van der Waals surface area contributed by atoms with Crippen LogP contribution in [0.25, 0.3) is 0 Å². The highest BCUT2D eigenvalue weighted by Crippen LogP contribution is 2.18. The van der Waals surface area contributed by atoms with Gasteiger partial charge in [-0.3, -0.25) is 9.59 Å². The first-order valence-corrected chi connectivity index (χ1v) is 25.4. The van der Waals surface area contributed by atoms with Crippen molar-refractivity contribution in [2.45, 2.75) is 296 Å². The maximum absolute atomic E-state index is 13.2. The molecule has 3 unspecified atom stereocenters. The average molecular weight is 806 g/mol. The first kappa shape index (κ1) is 55.6. The van der Waals surface area contributed by atoms with Gasteiger partial charge < -0.3 is 20.3 Å². The summed E-state index contributed by atoms with van der Waals surface area (Å²) in [7, 11) is 0. The van der Waals surface area contributed by atoms with E-state index in [2.05, 4.69) is 38.2 Å². The molecule has 0 aliphatic heterocycles. The van der Waals surface area contributed by atoms with Crippen LogP contribution >= 0.6 is 0 Å². The fourth-order valence-corrected chi connectivity index (χ4v) is 7.96. The Labute approximate surface area is 355 Å². The second-order valence-corrected chi connectivity index (χ2v) is 17.6. The average Bonchev–Trinajstić information content (AvgIpc) is 3.20. The van der Waals surface area contributed by atoms with Crippen LogP contribution in [-0.4, -0.2) is 46.9 Å². The van der Waals surface area contributed by atoms with Crippen molar-refractivity contribution in [3.05, 3.63) is 12.2 Å². The number of amides is 1. The first-order valence-electron chi connectivity index (χ1n) is 25.4. The molecule has 0 aromatic heterocycles. The summed E-state index contributed by atoms with van der Waals surface area (Å²) < 4.78 is 5.91. The van der Waals surface area contributed by atoms with E-state index in [1.54, 1.807) is 0 Å². The van der Waals surface area contributed by atoms with Gasteiger partial charge in [0.05, 0.1) is 25.2 Å². The normalized spacial score (nSPS) is 13.3. The molecule has 0 aromatic carbocycles. The summed E-state index contributed by atoms with van der Waals surface area (Å²) in [5.74, 6) is -0.488. The Hall–Kier alpha value is -1.40. The number of rotatable bonds is 46. The summed E-state index contributed by atoms with van der Waals surface area (Å²) in [5.41, 5.74) is 0. The minimum atomic E-state index is -0.787. The molecule has 6 heteroatoms. The molecule has 3 atom stereocenters. The molecule has 0 aliphatic rings. The first-order chi connectivity index (χ1) is 28.0. The maximum atomic E-state index is 13.2. The topological polar surface area (TPSA) is 95.9 Å². The number of carbonyl (C=O) groups is 2. The Bertz CT molecular complexity index is 863. The fourth-order valence-electron chi connectivity index (χ4n) is 7.96. The van der Waals surface area contributed by atoms with Gasteiger partial charge in [0, 0.05) is 6.42 Å². The van der Waals surface area contributed by atoms with Crippen LogP contribution in [0.2, 0.25) is 0 Å². The van der Waals surface area contributed by atoms with E-state index in [9.17, 15) is 19.8 Å². The number of nitrogens with one attached hydrogen (secondary N) is 1. The summed E-state index contributed by atoms with van der Waals surface area (Å²) in [6.07, 6.45) is 49.9. The molecule has 0 heterocycles. The number of allylic oxidation sites excluding steroid dienone is 2. The van der Waals surface area contributed by atoms with Gasteiger partial charge in [0.2, 0.25) is 5.91 Å². The van der Waals surface area contributed by atoms with E-state index in [0.717, 1.165) is 51.4 Å². The summed E-state index contributed by atoms with van der Waals surface area (Å²) >= 11 is 0. The molecule has 0 saturated carbocycles. The standard InChI is InChI=1S/C51H99NO5/c1-4-7-10-13-16-19-22-24-26-29-32-35-38-41-44-51(56)57-47(42-39-36-33-30-27-21-18-15-12-9-6-3)45-50(55)52-48(46-53)49(54)43-40-37-34-31-28-25-23-20-17-14-11-8-5-2/h30,33,47-49,53-54H,4-29,31-32,34-46H2,1-3H3,(H,52,55)/b33-30-. The number of unbranched alkanes of at least 4 members (excludes halogenated alkanes) is 32. The number of aliphatic hydroxyl groups is 2. The third kappa shape index (κ3) is 41.1. The van der Waals surface area contributed by atoms with Crippen LogP contribution in [0.5, 0.6) is 0 Å². The lowest BCUT2D eigenvalue weighted by atomic mass is 10.0. The van der Waals surface area contributed by atoms with Crippen LogP contribution in [0.15, 0.2) is 12.2 Å². The summed E-state index contributed by atoms with van der Waals surface area (Å²) in [6, 6.07) is -0.702. The van der Waals surface area contributed by atoms with Crippen LogP contribution < -0.4 is 5.32 Å². The highest BCUT2D eigenvalue weighted by atomic mass is 16.5. The second-order valence-electron chi connectivity index (χ2n) is 17.6. The molecule has 1 amide bonds. The Morgan fingerprint density at radius 3 is 1.28 bits per heavy atom. The molecular weight excluding hydrogens is 707 g/mol. The molecule has 0 fully saturated rings. The van der Waals surface area contributed by atoms with Crippen LogP contribution in [-0.2, 0) is 14.3 Å². The molecule has 0 bridgehead atoms. The van der Waals surface area contributed by atoms with E-state index in [1.807, 2.05) is 0 Å². The lowest BCUT2D eigenvalue weighted by Gasteiger charge is -2.24. The Morgan fingerprint density at radius 1 is 0.491 bits per heavy atom. The Morgan fingerprint density at radius 2 is 0.860 bits per heavy atom. The van der Waals surface area contributed by atoms with Gasteiger partial charge in [0.25, 0.3) is 0 Å². The summed E-state index contributed by atoms with van der Waals surface area (Å²) in [5, 5.41) is 23.7. The minimum absolute atomic E-state index is 0.0634. The molecule has 57 heavy (non-hydrogen) atoms. The Kier molecular flexibility index (Phi) is 44.6. The van der Waals surface area contributed by atoms with Crippen LogP contribution in [0.1, 0.15) is 278 Å². The molecule has 0 aliphatic carbocycles. The molecule has 0 rings (SSSR count). The second kappa shape index (κ2) is 45.7. The van der Waals surface area contributed by atoms with Gasteiger partial charge in [0.15, 0.2) is 0 Å². The van der Waals surface area contributed by atoms with E-state index in [0.29, 0.717) is 19.3 Å². The van der Waals surface area contributed by atoms with Crippen molar-refractivity contribution >= 4 is 11.9 Å². The maximum Gasteiger partial charge on any atom is 0.306 e. The van der Waals surface area contributed by atoms with Gasteiger partial charge in [0.1, 0.15) is 6.10 Å². The zero-order valence-corrected chi connectivity index (χ0v) is 38.5. The van der Waals surface area contributed by atoms with Crippen molar-refractivity contribution in [1.29, 1.82) is 0 Å². The van der Waals surface area contributed by atoms with Crippen molar-refractivity contribution in [2.75, 3.05) is 6.61 Å². The van der Waals surface area contributed by atoms with Crippen molar-refractivity contribution < 1.29 is 24.5 Å². The van der Waals surface area contributed by atoms with Crippen LogP contribution in [0.4, 0.5) is 0 Å². The predicted molar refractivity (Wildman–Crippen MR) is 246 cm³/mol. The quantitative estimate of drug-likeness (QED) is 0.0323. The van der Waals surface area contributed by atoms with E-state index in [4.69, 9.17) is 4.74 Å². The lowest BCUT2D eigenvalue weighted by Crippen LogP contribution is -2.46. The minimum Gasteiger partial charge on any atom is -0.462 e. The third-order valence-corrected chi connectivity index (χ3v) is 11.8. The largest absolute Gasteiger partial charge is 0.462 e. The lowest BCUT2D eigenvalue weighted by molar-refractivity contribution is -0.151. The van der Waals surface area contributed by atoms with Gasteiger partial charge >= 0.3 is 5.97 Å². The number of hydrogen-bond donors (Lipinski definition) is 3. The number of ether oxygens (including phenoxy) is 1. The van der Waals surface area contributed by atoms with Gasteiger partial charge in [-0.25, -0.2) is 0 Å². The predicted octanol–water partition coefficient (Wildman–Crippen LogP) is 15.0. The van der Waals surface area contributed by atoms with Crippen molar-refractivity contribution in [1.82, 2.24) is 5.32 Å². The van der Waals surface area contributed by atoms with Crippen molar-refractivity contribution in [2.24, 2.45) is 0 Å². The van der Waals surface area contributed by atoms with E-state index in [-0.39, 0.29) is 24.9 Å². The van der Waals surface area contributed by atoms with Crippen molar-refractivity contribution in [3.8, 4) is 0 Å². The molecule has 0 aromatic rings. The van der Waals surface area contributed by atoms with Gasteiger partial charge in [-0.1, -0.05) is 232 Å². The highest BCUT2D eigenvalue weighted by Gasteiger charge is 2.24. The molecule has 0 saturated heterocycles. The number of aliphatic hydroxyl groups excluding tert-OH is 2. The van der Waals surface area contributed by atoms with Crippen molar-refractivity contribution in [3.63, 3.8) is 0 Å².